The van der Waals surface area contributed by atoms with Gasteiger partial charge in [0.15, 0.2) is 5.96 Å². The van der Waals surface area contributed by atoms with Gasteiger partial charge in [-0.3, -0.25) is 4.79 Å². The third kappa shape index (κ3) is 6.87. The van der Waals surface area contributed by atoms with Crippen molar-refractivity contribution in [2.75, 3.05) is 13.2 Å². The Bertz CT molecular complexity index is 1090. The lowest BCUT2D eigenvalue weighted by atomic mass is 10.1. The van der Waals surface area contributed by atoms with E-state index in [1.54, 1.807) is 29.0 Å². The molecule has 0 amide bonds. The highest BCUT2D eigenvalue weighted by Crippen LogP contribution is 2.17. The average Bonchev–Trinajstić information content (AvgIpc) is 2.82. The molecule has 6 nitrogen and oxygen atoms in total. The number of aromatic nitrogens is 1. The molecule has 166 valence electrons. The predicted octanol–water partition coefficient (Wildman–Crippen LogP) is 3.72. The molecule has 0 spiro atoms. The van der Waals surface area contributed by atoms with Gasteiger partial charge in [0.2, 0.25) is 0 Å². The predicted molar refractivity (Wildman–Crippen MR) is 130 cm³/mol. The van der Waals surface area contributed by atoms with Crippen LogP contribution in [0.2, 0.25) is 0 Å². The minimum atomic E-state index is -0.000927. The van der Waals surface area contributed by atoms with Gasteiger partial charge >= 0.3 is 0 Å². The molecule has 2 N–H and O–H groups in total. The highest BCUT2D eigenvalue weighted by atomic mass is 16.5. The van der Waals surface area contributed by atoms with E-state index in [1.807, 2.05) is 49.4 Å². The monoisotopic (exact) mass is 430 g/mol. The molecular weight excluding hydrogens is 400 g/mol. The second-order valence-corrected chi connectivity index (χ2v) is 7.24. The Hall–Kier alpha value is -3.80. The maximum Gasteiger partial charge on any atom is 0.250 e. The second kappa shape index (κ2) is 12.2. The van der Waals surface area contributed by atoms with Crippen molar-refractivity contribution in [2.24, 2.45) is 4.99 Å². The Balaban J connectivity index is 1.61. The summed E-state index contributed by atoms with van der Waals surface area (Å²) >= 11 is 0. The Morgan fingerprint density at radius 3 is 2.53 bits per heavy atom. The lowest BCUT2D eigenvalue weighted by Crippen LogP contribution is -2.36. The normalized spacial score (nSPS) is 11.1. The molecule has 0 saturated carbocycles. The first kappa shape index (κ1) is 22.9. The van der Waals surface area contributed by atoms with Crippen molar-refractivity contribution in [1.29, 1.82) is 0 Å². The van der Waals surface area contributed by atoms with Crippen LogP contribution in [0.3, 0.4) is 0 Å². The SMILES string of the molecule is C=CCOc1ccccc1CNC(=NCc1ccc(Cn2ccccc2=O)cc1)NCC. The van der Waals surface area contributed by atoms with Gasteiger partial charge in [0, 0.05) is 30.9 Å². The minimum absolute atomic E-state index is 0.000927. The smallest absolute Gasteiger partial charge is 0.250 e. The summed E-state index contributed by atoms with van der Waals surface area (Å²) in [6.07, 6.45) is 3.54. The summed E-state index contributed by atoms with van der Waals surface area (Å²) in [4.78, 5) is 16.6. The summed E-state index contributed by atoms with van der Waals surface area (Å²) in [5.74, 6) is 1.58. The zero-order valence-corrected chi connectivity index (χ0v) is 18.5. The molecule has 0 aliphatic rings. The van der Waals surface area contributed by atoms with E-state index in [-0.39, 0.29) is 5.56 Å². The molecule has 32 heavy (non-hydrogen) atoms. The van der Waals surface area contributed by atoms with E-state index in [4.69, 9.17) is 9.73 Å². The summed E-state index contributed by atoms with van der Waals surface area (Å²) in [5.41, 5.74) is 3.23. The van der Waals surface area contributed by atoms with Crippen molar-refractivity contribution < 1.29 is 4.74 Å². The van der Waals surface area contributed by atoms with E-state index in [9.17, 15) is 4.79 Å². The van der Waals surface area contributed by atoms with E-state index in [0.29, 0.717) is 26.2 Å². The van der Waals surface area contributed by atoms with Crippen LogP contribution in [-0.2, 0) is 19.6 Å². The van der Waals surface area contributed by atoms with Crippen LogP contribution in [0.25, 0.3) is 0 Å². The summed E-state index contributed by atoms with van der Waals surface area (Å²) in [7, 11) is 0. The van der Waals surface area contributed by atoms with E-state index in [0.717, 1.165) is 34.9 Å². The molecular formula is C26H30N4O2. The summed E-state index contributed by atoms with van der Waals surface area (Å²) < 4.78 is 7.42. The van der Waals surface area contributed by atoms with Crippen molar-refractivity contribution in [1.82, 2.24) is 15.2 Å². The summed E-state index contributed by atoms with van der Waals surface area (Å²) in [5, 5.41) is 6.65. The van der Waals surface area contributed by atoms with Crippen LogP contribution in [0.15, 0.2) is 95.4 Å². The molecule has 6 heteroatoms. The van der Waals surface area contributed by atoms with Crippen molar-refractivity contribution in [3.8, 4) is 5.75 Å². The molecule has 0 saturated heterocycles. The molecule has 0 bridgehead atoms. The van der Waals surface area contributed by atoms with Gasteiger partial charge in [-0.15, -0.1) is 0 Å². The Labute approximate surface area is 189 Å². The Kier molecular flexibility index (Phi) is 8.69. The van der Waals surface area contributed by atoms with Gasteiger partial charge in [-0.2, -0.15) is 0 Å². The first-order valence-electron chi connectivity index (χ1n) is 10.8. The third-order valence-corrected chi connectivity index (χ3v) is 4.81. The van der Waals surface area contributed by atoms with Crippen molar-refractivity contribution >= 4 is 5.96 Å². The molecule has 0 fully saturated rings. The van der Waals surface area contributed by atoms with Crippen molar-refractivity contribution in [2.45, 2.75) is 26.6 Å². The molecule has 0 aliphatic heterocycles. The van der Waals surface area contributed by atoms with Gasteiger partial charge in [0.05, 0.1) is 13.1 Å². The fourth-order valence-corrected chi connectivity index (χ4v) is 3.17. The molecule has 0 atom stereocenters. The van der Waals surface area contributed by atoms with Crippen molar-refractivity contribution in [3.63, 3.8) is 0 Å². The molecule has 0 unspecified atom stereocenters. The van der Waals surface area contributed by atoms with E-state index in [2.05, 4.69) is 29.3 Å². The zero-order valence-electron chi connectivity index (χ0n) is 18.5. The number of benzene rings is 2. The number of nitrogens with zero attached hydrogens (tertiary/aromatic N) is 2. The van der Waals surface area contributed by atoms with Gasteiger partial charge < -0.3 is 19.9 Å². The first-order chi connectivity index (χ1) is 15.7. The number of nitrogens with one attached hydrogen (secondary N) is 2. The van der Waals surface area contributed by atoms with Gasteiger partial charge in [-0.1, -0.05) is 61.2 Å². The maximum absolute atomic E-state index is 11.9. The van der Waals surface area contributed by atoms with Crippen LogP contribution < -0.4 is 20.9 Å². The van der Waals surface area contributed by atoms with Gasteiger partial charge in [0.1, 0.15) is 12.4 Å². The highest BCUT2D eigenvalue weighted by Gasteiger charge is 2.05. The van der Waals surface area contributed by atoms with Crippen LogP contribution in [-0.4, -0.2) is 23.7 Å². The number of aliphatic imine (C=N–C) groups is 1. The lowest BCUT2D eigenvalue weighted by Gasteiger charge is -2.14. The molecule has 3 aromatic rings. The number of hydrogen-bond acceptors (Lipinski definition) is 3. The van der Waals surface area contributed by atoms with Crippen LogP contribution in [0, 0.1) is 0 Å². The second-order valence-electron chi connectivity index (χ2n) is 7.24. The average molecular weight is 431 g/mol. The zero-order chi connectivity index (χ0) is 22.6. The number of rotatable bonds is 10. The molecule has 1 heterocycles. The van der Waals surface area contributed by atoms with Crippen molar-refractivity contribution in [3.05, 3.63) is 113 Å². The van der Waals surface area contributed by atoms with E-state index < -0.39 is 0 Å². The summed E-state index contributed by atoms with van der Waals surface area (Å²) in [6.45, 7) is 8.69. The summed E-state index contributed by atoms with van der Waals surface area (Å²) in [6, 6.07) is 21.3. The van der Waals surface area contributed by atoms with E-state index >= 15 is 0 Å². The molecule has 0 aliphatic carbocycles. The fraction of sp³-hybridized carbons (Fsp3) is 0.231. The van der Waals surface area contributed by atoms with Crippen LogP contribution in [0.4, 0.5) is 0 Å². The quantitative estimate of drug-likeness (QED) is 0.292. The van der Waals surface area contributed by atoms with Gasteiger partial charge in [-0.25, -0.2) is 4.99 Å². The number of para-hydroxylation sites is 1. The first-order valence-corrected chi connectivity index (χ1v) is 10.8. The minimum Gasteiger partial charge on any atom is -0.489 e. The maximum atomic E-state index is 11.9. The Morgan fingerprint density at radius 2 is 1.78 bits per heavy atom. The molecule has 1 aromatic heterocycles. The number of hydrogen-bond donors (Lipinski definition) is 2. The molecule has 0 radical (unpaired) electrons. The lowest BCUT2D eigenvalue weighted by molar-refractivity contribution is 0.358. The highest BCUT2D eigenvalue weighted by molar-refractivity contribution is 5.79. The third-order valence-electron chi connectivity index (χ3n) is 4.81. The van der Waals surface area contributed by atoms with E-state index in [1.165, 1.54) is 0 Å². The number of ether oxygens (including phenoxy) is 1. The molecule has 2 aromatic carbocycles. The molecule has 3 rings (SSSR count). The Morgan fingerprint density at radius 1 is 1.03 bits per heavy atom. The van der Waals surface area contributed by atoms with Crippen LogP contribution >= 0.6 is 0 Å². The van der Waals surface area contributed by atoms with Gasteiger partial charge in [0.25, 0.3) is 5.56 Å². The number of pyridine rings is 1. The topological polar surface area (TPSA) is 67.6 Å². The number of guanidine groups is 1. The van der Waals surface area contributed by atoms with Crippen LogP contribution in [0.5, 0.6) is 5.75 Å². The standard InChI is InChI=1S/C26H30N4O2/c1-3-17-32-24-10-6-5-9-23(24)19-29-26(27-4-2)28-18-21-12-14-22(15-13-21)20-30-16-8-7-11-25(30)31/h3,5-16H,1,4,17-20H2,2H3,(H2,27,28,29). The fourth-order valence-electron chi connectivity index (χ4n) is 3.17. The largest absolute Gasteiger partial charge is 0.489 e. The van der Waals surface area contributed by atoms with Gasteiger partial charge in [-0.05, 0) is 30.2 Å². The van der Waals surface area contributed by atoms with Crippen LogP contribution in [0.1, 0.15) is 23.6 Å².